The van der Waals surface area contributed by atoms with E-state index in [1.807, 2.05) is 13.8 Å². The second-order valence-corrected chi connectivity index (χ2v) is 3.38. The quantitative estimate of drug-likeness (QED) is 0.597. The molecule has 1 aliphatic rings. The molecule has 0 aromatic carbocycles. The molecule has 0 atom stereocenters. The highest BCUT2D eigenvalue weighted by molar-refractivity contribution is 5.99. The molecule has 3 heteroatoms. The Morgan fingerprint density at radius 1 is 1.62 bits per heavy atom. The lowest BCUT2D eigenvalue weighted by atomic mass is 10.1. The van der Waals surface area contributed by atoms with Gasteiger partial charge in [-0.05, 0) is 19.4 Å². The molecule has 1 aromatic rings. The summed E-state index contributed by atoms with van der Waals surface area (Å²) in [6.07, 6.45) is 0.318. The molecule has 0 radical (unpaired) electrons. The van der Waals surface area contributed by atoms with Gasteiger partial charge in [-0.25, -0.2) is 4.98 Å². The lowest BCUT2D eigenvalue weighted by Gasteiger charge is -2.10. The summed E-state index contributed by atoms with van der Waals surface area (Å²) in [7, 11) is 1.70. The molecule has 0 aliphatic carbocycles. The first kappa shape index (κ1) is 7.06. The van der Waals surface area contributed by atoms with Crippen LogP contribution in [0.5, 0.6) is 0 Å². The molecular formula is C10H12N2O. The number of likely N-dealkylation sites (N-methyl/N-ethyl adjacent to an activating group) is 1. The average Bonchev–Trinajstić information content (AvgIpc) is 2.42. The molecule has 0 fully saturated rings. The van der Waals surface area contributed by atoms with E-state index in [0.717, 1.165) is 16.8 Å². The third-order valence-electron chi connectivity index (χ3n) is 2.44. The van der Waals surface area contributed by atoms with Crippen molar-refractivity contribution in [3.8, 4) is 0 Å². The average molecular weight is 177 g/mol. The zero-order chi connectivity index (χ0) is 10.5. The van der Waals surface area contributed by atoms with Gasteiger partial charge in [0.1, 0.15) is 5.82 Å². The van der Waals surface area contributed by atoms with Crippen LogP contribution in [0.15, 0.2) is 6.04 Å². The fourth-order valence-corrected chi connectivity index (χ4v) is 1.47. The zero-order valence-corrected chi connectivity index (χ0v) is 8.01. The maximum atomic E-state index is 11.4. The van der Waals surface area contributed by atoms with Crippen molar-refractivity contribution in [2.75, 3.05) is 11.9 Å². The summed E-state index contributed by atoms with van der Waals surface area (Å²) in [4.78, 5) is 17.3. The highest BCUT2D eigenvalue weighted by atomic mass is 16.2. The number of carbonyl (C=O) groups excluding carboxylic acids is 1. The molecule has 1 aromatic heterocycles. The van der Waals surface area contributed by atoms with Crippen molar-refractivity contribution in [3.63, 3.8) is 0 Å². The van der Waals surface area contributed by atoms with Crippen LogP contribution in [0.1, 0.15) is 18.2 Å². The topological polar surface area (TPSA) is 33.2 Å². The lowest BCUT2D eigenvalue weighted by Crippen LogP contribution is -2.21. The van der Waals surface area contributed by atoms with E-state index in [2.05, 4.69) is 4.98 Å². The van der Waals surface area contributed by atoms with Crippen LogP contribution in [0.3, 0.4) is 0 Å². The molecule has 0 saturated heterocycles. The summed E-state index contributed by atoms with van der Waals surface area (Å²) in [5, 5.41) is 0. The number of anilines is 1. The van der Waals surface area contributed by atoms with Gasteiger partial charge < -0.3 is 0 Å². The smallest absolute Gasteiger partial charge is 0.232 e. The van der Waals surface area contributed by atoms with Crippen LogP contribution in [-0.4, -0.2) is 17.9 Å². The van der Waals surface area contributed by atoms with Gasteiger partial charge in [-0.3, -0.25) is 9.69 Å². The number of hydrogen-bond acceptors (Lipinski definition) is 2. The molecule has 0 spiro atoms. The van der Waals surface area contributed by atoms with Gasteiger partial charge in [0.25, 0.3) is 0 Å². The van der Waals surface area contributed by atoms with E-state index in [1.165, 1.54) is 4.90 Å². The first-order valence-electron chi connectivity index (χ1n) is 4.75. The molecule has 0 unspecified atom stereocenters. The second-order valence-electron chi connectivity index (χ2n) is 3.38. The summed E-state index contributed by atoms with van der Waals surface area (Å²) >= 11 is 0. The Labute approximate surface area is 78.8 Å². The number of hydrogen-bond donors (Lipinski definition) is 0. The standard InChI is InChI=1S/C10H12N2O/c1-6-4-8-5-9(13)12(3)10(8)11-7(6)2/h4H,5H2,1-3H3/i4D. The SMILES string of the molecule is [2H]c1c(C)c(C)nc2c1CC(=O)N2C. The van der Waals surface area contributed by atoms with Gasteiger partial charge in [0.2, 0.25) is 5.91 Å². The van der Waals surface area contributed by atoms with Gasteiger partial charge in [0.15, 0.2) is 0 Å². The molecule has 3 nitrogen and oxygen atoms in total. The highest BCUT2D eigenvalue weighted by Gasteiger charge is 2.25. The minimum absolute atomic E-state index is 0.0194. The Morgan fingerprint density at radius 3 is 3.00 bits per heavy atom. The predicted octanol–water partition coefficient (Wildman–Crippen LogP) is 1.22. The Hall–Kier alpha value is -1.38. The molecule has 0 bridgehead atoms. The van der Waals surface area contributed by atoms with Crippen molar-refractivity contribution in [2.45, 2.75) is 20.3 Å². The molecule has 13 heavy (non-hydrogen) atoms. The third-order valence-corrected chi connectivity index (χ3v) is 2.44. The van der Waals surface area contributed by atoms with Gasteiger partial charge in [-0.1, -0.05) is 6.04 Å². The van der Waals surface area contributed by atoms with E-state index in [-0.39, 0.29) is 5.91 Å². The van der Waals surface area contributed by atoms with E-state index in [9.17, 15) is 4.79 Å². The van der Waals surface area contributed by atoms with Crippen LogP contribution >= 0.6 is 0 Å². The zero-order valence-electron chi connectivity index (χ0n) is 9.01. The number of aromatic nitrogens is 1. The van der Waals surface area contributed by atoms with Gasteiger partial charge in [-0.2, -0.15) is 0 Å². The summed E-state index contributed by atoms with van der Waals surface area (Å²) < 4.78 is 7.88. The van der Waals surface area contributed by atoms with Gasteiger partial charge >= 0.3 is 0 Å². The number of pyridine rings is 1. The van der Waals surface area contributed by atoms with Crippen LogP contribution in [0.2, 0.25) is 0 Å². The fourth-order valence-electron chi connectivity index (χ4n) is 1.47. The number of rotatable bonds is 0. The number of carbonyl (C=O) groups is 1. The Morgan fingerprint density at radius 2 is 2.31 bits per heavy atom. The fraction of sp³-hybridized carbons (Fsp3) is 0.400. The van der Waals surface area contributed by atoms with Crippen molar-refractivity contribution in [1.82, 2.24) is 4.98 Å². The first-order valence-corrected chi connectivity index (χ1v) is 4.25. The molecule has 2 heterocycles. The van der Waals surface area contributed by atoms with Crippen molar-refractivity contribution in [1.29, 1.82) is 0 Å². The minimum atomic E-state index is 0.0194. The van der Waals surface area contributed by atoms with Gasteiger partial charge in [0, 0.05) is 18.3 Å². The summed E-state index contributed by atoms with van der Waals surface area (Å²) in [5.74, 6) is 0.675. The molecule has 0 saturated carbocycles. The Kier molecular flexibility index (Phi) is 1.39. The first-order chi connectivity index (χ1) is 6.52. The molecule has 68 valence electrons. The maximum Gasteiger partial charge on any atom is 0.232 e. The van der Waals surface area contributed by atoms with E-state index < -0.39 is 0 Å². The number of aryl methyl sites for hydroxylation is 1. The largest absolute Gasteiger partial charge is 0.299 e. The van der Waals surface area contributed by atoms with E-state index >= 15 is 0 Å². The van der Waals surface area contributed by atoms with Crippen LogP contribution in [0.25, 0.3) is 0 Å². The van der Waals surface area contributed by atoms with Gasteiger partial charge in [0.05, 0.1) is 7.79 Å². The van der Waals surface area contributed by atoms with E-state index in [0.29, 0.717) is 18.3 Å². The molecule has 1 aliphatic heterocycles. The lowest BCUT2D eigenvalue weighted by molar-refractivity contribution is -0.117. The Balaban J connectivity index is 2.70. The normalized spacial score (nSPS) is 16.1. The third kappa shape index (κ3) is 1.11. The highest BCUT2D eigenvalue weighted by Crippen LogP contribution is 2.26. The monoisotopic (exact) mass is 177 g/mol. The van der Waals surface area contributed by atoms with Crippen molar-refractivity contribution >= 4 is 11.7 Å². The molecule has 1 amide bonds. The number of fused-ring (bicyclic) bond motifs is 1. The van der Waals surface area contributed by atoms with Crippen LogP contribution < -0.4 is 4.90 Å². The van der Waals surface area contributed by atoms with Crippen LogP contribution in [-0.2, 0) is 11.2 Å². The summed E-state index contributed by atoms with van der Waals surface area (Å²) in [6.45, 7) is 3.73. The van der Waals surface area contributed by atoms with Crippen molar-refractivity contribution < 1.29 is 6.17 Å². The number of amides is 1. The second kappa shape index (κ2) is 2.55. The Bertz CT molecular complexity index is 429. The summed E-state index contributed by atoms with van der Waals surface area (Å²) in [5.41, 5.74) is 2.46. The molecule has 2 rings (SSSR count). The van der Waals surface area contributed by atoms with Gasteiger partial charge in [-0.15, -0.1) is 0 Å². The minimum Gasteiger partial charge on any atom is -0.299 e. The summed E-state index contributed by atoms with van der Waals surface area (Å²) in [6, 6.07) is 0.463. The van der Waals surface area contributed by atoms with Crippen molar-refractivity contribution in [2.24, 2.45) is 0 Å². The van der Waals surface area contributed by atoms with Crippen LogP contribution in [0, 0.1) is 13.8 Å². The van der Waals surface area contributed by atoms with E-state index in [4.69, 9.17) is 1.37 Å². The molecule has 0 N–H and O–H groups in total. The van der Waals surface area contributed by atoms with Crippen molar-refractivity contribution in [3.05, 3.63) is 22.9 Å². The predicted molar refractivity (Wildman–Crippen MR) is 50.8 cm³/mol. The number of nitrogens with zero attached hydrogens (tertiary/aromatic N) is 2. The van der Waals surface area contributed by atoms with E-state index in [1.54, 1.807) is 7.05 Å². The van der Waals surface area contributed by atoms with Crippen LogP contribution in [0.4, 0.5) is 5.82 Å². The molecular weight excluding hydrogens is 164 g/mol. The maximum absolute atomic E-state index is 11.4.